The molecule has 0 aliphatic carbocycles. The van der Waals surface area contributed by atoms with Gasteiger partial charge in [0.1, 0.15) is 0 Å². The number of carbonyl (C=O) groups is 2. The molecule has 2 amide bonds. The zero-order chi connectivity index (χ0) is 16.7. The van der Waals surface area contributed by atoms with E-state index in [0.717, 1.165) is 45.6 Å². The maximum absolute atomic E-state index is 12.2. The molecule has 2 aliphatic rings. The van der Waals surface area contributed by atoms with Crippen molar-refractivity contribution in [1.82, 2.24) is 20.0 Å². The summed E-state index contributed by atoms with van der Waals surface area (Å²) < 4.78 is 5.01. The molecule has 23 heavy (non-hydrogen) atoms. The largest absolute Gasteiger partial charge is 0.450 e. The van der Waals surface area contributed by atoms with Gasteiger partial charge in [0.25, 0.3) is 0 Å². The number of piperazine rings is 1. The summed E-state index contributed by atoms with van der Waals surface area (Å²) in [5.74, 6) is 0.101. The van der Waals surface area contributed by atoms with Crippen molar-refractivity contribution >= 4 is 12.0 Å². The van der Waals surface area contributed by atoms with Gasteiger partial charge in [-0.3, -0.25) is 9.69 Å². The van der Waals surface area contributed by atoms with Crippen molar-refractivity contribution < 1.29 is 14.3 Å². The zero-order valence-electron chi connectivity index (χ0n) is 14.4. The lowest BCUT2D eigenvalue weighted by Crippen LogP contribution is -2.52. The maximum atomic E-state index is 12.2. The fourth-order valence-electron chi connectivity index (χ4n) is 3.16. The highest BCUT2D eigenvalue weighted by molar-refractivity contribution is 5.78. The van der Waals surface area contributed by atoms with E-state index >= 15 is 0 Å². The van der Waals surface area contributed by atoms with Crippen molar-refractivity contribution in [3.8, 4) is 0 Å². The molecule has 2 rings (SSSR count). The van der Waals surface area contributed by atoms with Crippen LogP contribution in [0.5, 0.6) is 0 Å². The Hall–Kier alpha value is -1.34. The summed E-state index contributed by atoms with van der Waals surface area (Å²) in [5.41, 5.74) is 0. The first-order valence-corrected chi connectivity index (χ1v) is 8.78. The molecular formula is C16H30N4O3. The quantitative estimate of drug-likeness (QED) is 0.790. The molecule has 0 saturated carbocycles. The van der Waals surface area contributed by atoms with Gasteiger partial charge >= 0.3 is 6.09 Å². The van der Waals surface area contributed by atoms with Crippen LogP contribution in [0.3, 0.4) is 0 Å². The van der Waals surface area contributed by atoms with Crippen molar-refractivity contribution in [2.24, 2.45) is 0 Å². The van der Waals surface area contributed by atoms with Gasteiger partial charge in [-0.15, -0.1) is 0 Å². The molecule has 0 aromatic heterocycles. The predicted octanol–water partition coefficient (Wildman–Crippen LogP) is 0.361. The third-order valence-corrected chi connectivity index (χ3v) is 4.67. The van der Waals surface area contributed by atoms with Gasteiger partial charge in [-0.05, 0) is 26.3 Å². The molecule has 0 atom stereocenters. The lowest BCUT2D eigenvalue weighted by atomic mass is 10.1. The average molecular weight is 326 g/mol. The van der Waals surface area contributed by atoms with Crippen LogP contribution in [0.4, 0.5) is 4.79 Å². The zero-order valence-corrected chi connectivity index (χ0v) is 14.4. The number of hydrogen-bond donors (Lipinski definition) is 1. The number of carbonyl (C=O) groups excluding carboxylic acids is 2. The Morgan fingerprint density at radius 2 is 1.61 bits per heavy atom. The molecule has 0 spiro atoms. The fourth-order valence-corrected chi connectivity index (χ4v) is 3.16. The second-order valence-corrected chi connectivity index (χ2v) is 6.24. The van der Waals surface area contributed by atoms with Gasteiger partial charge in [0.2, 0.25) is 5.91 Å². The molecule has 2 heterocycles. The first-order valence-electron chi connectivity index (χ1n) is 8.78. The van der Waals surface area contributed by atoms with E-state index in [1.54, 1.807) is 4.90 Å². The van der Waals surface area contributed by atoms with E-state index in [1.807, 2.05) is 6.92 Å². The van der Waals surface area contributed by atoms with Crippen molar-refractivity contribution in [1.29, 1.82) is 0 Å². The van der Waals surface area contributed by atoms with Gasteiger partial charge in [0, 0.05) is 45.3 Å². The Morgan fingerprint density at radius 3 is 2.17 bits per heavy atom. The van der Waals surface area contributed by atoms with E-state index in [9.17, 15) is 9.59 Å². The van der Waals surface area contributed by atoms with E-state index in [-0.39, 0.29) is 18.0 Å². The molecule has 0 bridgehead atoms. The number of piperidine rings is 1. The van der Waals surface area contributed by atoms with Crippen LogP contribution >= 0.6 is 0 Å². The Balaban J connectivity index is 1.64. The number of rotatable bonds is 5. The molecule has 1 N–H and O–H groups in total. The topological polar surface area (TPSA) is 65.1 Å². The Bertz CT molecular complexity index is 389. The third-order valence-electron chi connectivity index (χ3n) is 4.67. The molecule has 132 valence electrons. The standard InChI is InChI=1S/C16H30N4O3/c1-3-18-9-11-19(12-10-18)13-15(21)17-14-5-7-20(8-6-14)16(22)23-4-2/h14H,3-13H2,1-2H3,(H,17,21). The number of hydrogen-bond acceptors (Lipinski definition) is 5. The van der Waals surface area contributed by atoms with Gasteiger partial charge < -0.3 is 19.9 Å². The first kappa shape index (κ1) is 18.0. The Kier molecular flexibility index (Phi) is 7.11. The van der Waals surface area contributed by atoms with Crippen LogP contribution in [-0.4, -0.2) is 91.7 Å². The molecule has 2 aliphatic heterocycles. The minimum absolute atomic E-state index is 0.101. The number of amides is 2. The number of nitrogens with one attached hydrogen (secondary N) is 1. The molecule has 2 fully saturated rings. The normalized spacial score (nSPS) is 21.2. The van der Waals surface area contributed by atoms with Crippen LogP contribution in [0.15, 0.2) is 0 Å². The van der Waals surface area contributed by atoms with E-state index < -0.39 is 0 Å². The van der Waals surface area contributed by atoms with Crippen LogP contribution in [-0.2, 0) is 9.53 Å². The van der Waals surface area contributed by atoms with Crippen LogP contribution in [0, 0.1) is 0 Å². The molecule has 0 radical (unpaired) electrons. The number of likely N-dealkylation sites (tertiary alicyclic amines) is 1. The minimum atomic E-state index is -0.244. The summed E-state index contributed by atoms with van der Waals surface area (Å²) in [4.78, 5) is 30.2. The molecule has 0 aromatic carbocycles. The molecular weight excluding hydrogens is 296 g/mol. The number of nitrogens with zero attached hydrogens (tertiary/aromatic N) is 3. The minimum Gasteiger partial charge on any atom is -0.450 e. The van der Waals surface area contributed by atoms with Crippen LogP contribution in [0.25, 0.3) is 0 Å². The highest BCUT2D eigenvalue weighted by atomic mass is 16.6. The van der Waals surface area contributed by atoms with Crippen LogP contribution in [0.1, 0.15) is 26.7 Å². The fraction of sp³-hybridized carbons (Fsp3) is 0.875. The molecule has 2 saturated heterocycles. The highest BCUT2D eigenvalue weighted by Crippen LogP contribution is 2.11. The Labute approximate surface area is 138 Å². The van der Waals surface area contributed by atoms with Crippen molar-refractivity contribution in [3.63, 3.8) is 0 Å². The predicted molar refractivity (Wildman–Crippen MR) is 88.3 cm³/mol. The summed E-state index contributed by atoms with van der Waals surface area (Å²) in [7, 11) is 0. The number of likely N-dealkylation sites (N-methyl/N-ethyl adjacent to an activating group) is 1. The number of ether oxygens (including phenoxy) is 1. The average Bonchev–Trinajstić information content (AvgIpc) is 2.56. The molecule has 0 aromatic rings. The third kappa shape index (κ3) is 5.66. The van der Waals surface area contributed by atoms with Gasteiger partial charge in [-0.25, -0.2) is 4.79 Å². The van der Waals surface area contributed by atoms with E-state index in [0.29, 0.717) is 26.2 Å². The maximum Gasteiger partial charge on any atom is 0.409 e. The lowest BCUT2D eigenvalue weighted by molar-refractivity contribution is -0.123. The van der Waals surface area contributed by atoms with Crippen LogP contribution < -0.4 is 5.32 Å². The second kappa shape index (κ2) is 9.08. The first-order chi connectivity index (χ1) is 11.1. The van der Waals surface area contributed by atoms with E-state index in [2.05, 4.69) is 22.0 Å². The lowest BCUT2D eigenvalue weighted by Gasteiger charge is -2.35. The highest BCUT2D eigenvalue weighted by Gasteiger charge is 2.25. The summed E-state index contributed by atoms with van der Waals surface area (Å²) in [6.45, 7) is 11.3. The van der Waals surface area contributed by atoms with E-state index in [4.69, 9.17) is 4.74 Å². The SMILES string of the molecule is CCOC(=O)N1CCC(NC(=O)CN2CCN(CC)CC2)CC1. The van der Waals surface area contributed by atoms with Crippen molar-refractivity contribution in [2.75, 3.05) is 59.0 Å². The van der Waals surface area contributed by atoms with E-state index in [1.165, 1.54) is 0 Å². The van der Waals surface area contributed by atoms with Crippen molar-refractivity contribution in [2.45, 2.75) is 32.7 Å². The second-order valence-electron chi connectivity index (χ2n) is 6.24. The van der Waals surface area contributed by atoms with Gasteiger partial charge in [0.05, 0.1) is 13.2 Å². The molecule has 0 unspecified atom stereocenters. The summed E-state index contributed by atoms with van der Waals surface area (Å²) in [5, 5.41) is 3.11. The van der Waals surface area contributed by atoms with Crippen molar-refractivity contribution in [3.05, 3.63) is 0 Å². The summed E-state index contributed by atoms with van der Waals surface area (Å²) in [6, 6.07) is 0.171. The summed E-state index contributed by atoms with van der Waals surface area (Å²) in [6.07, 6.45) is 1.36. The molecule has 7 nitrogen and oxygen atoms in total. The van der Waals surface area contributed by atoms with Gasteiger partial charge in [0.15, 0.2) is 0 Å². The smallest absolute Gasteiger partial charge is 0.409 e. The summed E-state index contributed by atoms with van der Waals surface area (Å²) >= 11 is 0. The van der Waals surface area contributed by atoms with Gasteiger partial charge in [-0.2, -0.15) is 0 Å². The van der Waals surface area contributed by atoms with Crippen LogP contribution in [0.2, 0.25) is 0 Å². The Morgan fingerprint density at radius 1 is 1.00 bits per heavy atom. The monoisotopic (exact) mass is 326 g/mol. The molecule has 7 heteroatoms. The van der Waals surface area contributed by atoms with Gasteiger partial charge in [-0.1, -0.05) is 6.92 Å².